The van der Waals surface area contributed by atoms with E-state index in [4.69, 9.17) is 0 Å². The molecule has 0 radical (unpaired) electrons. The van der Waals surface area contributed by atoms with Crippen LogP contribution in [-0.4, -0.2) is 12.5 Å². The highest BCUT2D eigenvalue weighted by Crippen LogP contribution is 2.25. The zero-order valence-corrected chi connectivity index (χ0v) is 12.8. The monoisotopic (exact) mass is 315 g/mol. The fourth-order valence-electron chi connectivity index (χ4n) is 1.28. The first-order chi connectivity index (χ1) is 8.24. The van der Waals surface area contributed by atoms with E-state index in [1.807, 2.05) is 0 Å². The van der Waals surface area contributed by atoms with E-state index in [9.17, 15) is 9.18 Å². The van der Waals surface area contributed by atoms with Crippen molar-refractivity contribution in [2.45, 2.75) is 27.7 Å². The van der Waals surface area contributed by atoms with Crippen molar-refractivity contribution in [3.63, 3.8) is 0 Å². The van der Waals surface area contributed by atoms with Crippen molar-refractivity contribution < 1.29 is 9.18 Å². The van der Waals surface area contributed by atoms with Crippen LogP contribution in [0.3, 0.4) is 0 Å². The number of benzene rings is 1. The SMILES string of the molecule is CC(C)C(C)(C)CNC(=O)c1ccc(Br)cc1F. The molecule has 4 heteroatoms. The van der Waals surface area contributed by atoms with Gasteiger partial charge in [0.15, 0.2) is 0 Å². The van der Waals surface area contributed by atoms with Crippen LogP contribution in [0.4, 0.5) is 4.39 Å². The molecule has 0 heterocycles. The van der Waals surface area contributed by atoms with E-state index in [0.29, 0.717) is 16.9 Å². The fraction of sp³-hybridized carbons (Fsp3) is 0.500. The highest BCUT2D eigenvalue weighted by atomic mass is 79.9. The summed E-state index contributed by atoms with van der Waals surface area (Å²) in [5.74, 6) is -0.439. The minimum absolute atomic E-state index is 0.0124. The van der Waals surface area contributed by atoms with E-state index in [1.54, 1.807) is 6.07 Å². The molecule has 1 aromatic carbocycles. The summed E-state index contributed by atoms with van der Waals surface area (Å²) in [6.07, 6.45) is 0. The molecule has 1 aromatic rings. The van der Waals surface area contributed by atoms with Crippen molar-refractivity contribution in [1.29, 1.82) is 0 Å². The lowest BCUT2D eigenvalue weighted by Crippen LogP contribution is -2.37. The minimum atomic E-state index is -0.510. The van der Waals surface area contributed by atoms with Crippen LogP contribution in [0.15, 0.2) is 22.7 Å². The molecule has 0 spiro atoms. The summed E-state index contributed by atoms with van der Waals surface area (Å²) in [5.41, 5.74) is 0.0689. The van der Waals surface area contributed by atoms with Crippen molar-refractivity contribution in [3.05, 3.63) is 34.1 Å². The molecule has 0 aromatic heterocycles. The number of halogens is 2. The molecule has 0 aliphatic heterocycles. The zero-order chi connectivity index (χ0) is 13.9. The Hall–Kier alpha value is -0.900. The van der Waals surface area contributed by atoms with E-state index < -0.39 is 5.82 Å². The molecule has 100 valence electrons. The van der Waals surface area contributed by atoms with Crippen molar-refractivity contribution in [1.82, 2.24) is 5.32 Å². The molecule has 0 saturated heterocycles. The lowest BCUT2D eigenvalue weighted by Gasteiger charge is -2.29. The van der Waals surface area contributed by atoms with Crippen LogP contribution >= 0.6 is 15.9 Å². The maximum absolute atomic E-state index is 13.6. The third-order valence-corrected chi connectivity index (χ3v) is 3.94. The Bertz CT molecular complexity index is 443. The van der Waals surface area contributed by atoms with E-state index in [0.717, 1.165) is 0 Å². The molecule has 1 rings (SSSR count). The van der Waals surface area contributed by atoms with Crippen molar-refractivity contribution >= 4 is 21.8 Å². The first-order valence-corrected chi connectivity index (χ1v) is 6.76. The van der Waals surface area contributed by atoms with E-state index in [-0.39, 0.29) is 16.9 Å². The summed E-state index contributed by atoms with van der Waals surface area (Å²) in [5, 5.41) is 2.79. The van der Waals surface area contributed by atoms with Gasteiger partial charge in [0.25, 0.3) is 5.91 Å². The average Bonchev–Trinajstić information content (AvgIpc) is 2.25. The van der Waals surface area contributed by atoms with Gasteiger partial charge in [-0.2, -0.15) is 0 Å². The summed E-state index contributed by atoms with van der Waals surface area (Å²) >= 11 is 3.16. The molecular formula is C14H19BrFNO. The van der Waals surface area contributed by atoms with Crippen LogP contribution in [0.2, 0.25) is 0 Å². The molecule has 0 unspecified atom stereocenters. The number of amides is 1. The molecule has 0 aliphatic carbocycles. The topological polar surface area (TPSA) is 29.1 Å². The first kappa shape index (κ1) is 15.2. The third-order valence-electron chi connectivity index (χ3n) is 3.44. The molecule has 0 bridgehead atoms. The normalized spacial score (nSPS) is 11.7. The molecule has 0 saturated carbocycles. The van der Waals surface area contributed by atoms with Gasteiger partial charge in [-0.25, -0.2) is 4.39 Å². The Morgan fingerprint density at radius 3 is 2.56 bits per heavy atom. The summed E-state index contributed by atoms with van der Waals surface area (Å²) in [6.45, 7) is 8.89. The number of hydrogen-bond donors (Lipinski definition) is 1. The lowest BCUT2D eigenvalue weighted by molar-refractivity contribution is 0.0920. The largest absolute Gasteiger partial charge is 0.351 e. The second kappa shape index (κ2) is 5.83. The summed E-state index contributed by atoms with van der Waals surface area (Å²) < 4.78 is 14.2. The van der Waals surface area contributed by atoms with Gasteiger partial charge in [0.1, 0.15) is 5.82 Å². The van der Waals surface area contributed by atoms with Gasteiger partial charge in [-0.15, -0.1) is 0 Å². The second-order valence-electron chi connectivity index (χ2n) is 5.45. The molecule has 18 heavy (non-hydrogen) atoms. The fourth-order valence-corrected chi connectivity index (χ4v) is 1.61. The minimum Gasteiger partial charge on any atom is -0.351 e. The number of nitrogens with one attached hydrogen (secondary N) is 1. The van der Waals surface area contributed by atoms with Gasteiger partial charge in [-0.05, 0) is 29.5 Å². The number of carbonyl (C=O) groups is 1. The van der Waals surface area contributed by atoms with Crippen molar-refractivity contribution in [2.75, 3.05) is 6.54 Å². The maximum Gasteiger partial charge on any atom is 0.254 e. The van der Waals surface area contributed by atoms with Crippen molar-refractivity contribution in [2.24, 2.45) is 11.3 Å². The van der Waals surface area contributed by atoms with Crippen LogP contribution in [0.25, 0.3) is 0 Å². The Morgan fingerprint density at radius 2 is 2.06 bits per heavy atom. The van der Waals surface area contributed by atoms with Gasteiger partial charge in [0.05, 0.1) is 5.56 Å². The quantitative estimate of drug-likeness (QED) is 0.894. The standard InChI is InChI=1S/C14H19BrFNO/c1-9(2)14(3,4)8-17-13(18)11-6-5-10(15)7-12(11)16/h5-7,9H,8H2,1-4H3,(H,17,18). The van der Waals surface area contributed by atoms with Gasteiger partial charge in [0, 0.05) is 11.0 Å². The predicted octanol–water partition coefficient (Wildman–Crippen LogP) is 4.00. The van der Waals surface area contributed by atoms with E-state index in [1.165, 1.54) is 12.1 Å². The highest BCUT2D eigenvalue weighted by Gasteiger charge is 2.23. The molecule has 1 amide bonds. The van der Waals surface area contributed by atoms with Crippen molar-refractivity contribution in [3.8, 4) is 0 Å². The zero-order valence-electron chi connectivity index (χ0n) is 11.2. The van der Waals surface area contributed by atoms with Gasteiger partial charge >= 0.3 is 0 Å². The van der Waals surface area contributed by atoms with Gasteiger partial charge < -0.3 is 5.32 Å². The second-order valence-corrected chi connectivity index (χ2v) is 6.37. The van der Waals surface area contributed by atoms with Crippen LogP contribution in [0.5, 0.6) is 0 Å². The Labute approximate surface area is 116 Å². The number of rotatable bonds is 4. The van der Waals surface area contributed by atoms with Gasteiger partial charge in [-0.3, -0.25) is 4.79 Å². The van der Waals surface area contributed by atoms with Gasteiger partial charge in [0.2, 0.25) is 0 Å². The molecule has 0 aliphatic rings. The van der Waals surface area contributed by atoms with Crippen LogP contribution in [0, 0.1) is 17.2 Å². The molecule has 1 N–H and O–H groups in total. The number of carbonyl (C=O) groups excluding carboxylic acids is 1. The summed E-state index contributed by atoms with van der Waals surface area (Å²) in [6, 6.07) is 4.44. The Kier molecular flexibility index (Phi) is 4.91. The summed E-state index contributed by atoms with van der Waals surface area (Å²) in [4.78, 5) is 11.9. The van der Waals surface area contributed by atoms with E-state index >= 15 is 0 Å². The van der Waals surface area contributed by atoms with Crippen LogP contribution in [0.1, 0.15) is 38.1 Å². The molecule has 0 fully saturated rings. The average molecular weight is 316 g/mol. The molecular weight excluding hydrogens is 297 g/mol. The Morgan fingerprint density at radius 1 is 1.44 bits per heavy atom. The van der Waals surface area contributed by atoms with Gasteiger partial charge in [-0.1, -0.05) is 43.6 Å². The number of hydrogen-bond acceptors (Lipinski definition) is 1. The predicted molar refractivity (Wildman–Crippen MR) is 75.1 cm³/mol. The third kappa shape index (κ3) is 3.80. The smallest absolute Gasteiger partial charge is 0.254 e. The van der Waals surface area contributed by atoms with Crippen LogP contribution in [-0.2, 0) is 0 Å². The van der Waals surface area contributed by atoms with E-state index in [2.05, 4.69) is 48.9 Å². The molecule has 2 nitrogen and oxygen atoms in total. The highest BCUT2D eigenvalue weighted by molar-refractivity contribution is 9.10. The summed E-state index contributed by atoms with van der Waals surface area (Å²) in [7, 11) is 0. The lowest BCUT2D eigenvalue weighted by atomic mass is 9.81. The van der Waals surface area contributed by atoms with Crippen LogP contribution < -0.4 is 5.32 Å². The maximum atomic E-state index is 13.6. The first-order valence-electron chi connectivity index (χ1n) is 5.97. The molecule has 0 atom stereocenters. The Balaban J connectivity index is 2.72.